The Kier molecular flexibility index (Phi) is 4.89. The first kappa shape index (κ1) is 15.5. The van der Waals surface area contributed by atoms with Crippen LogP contribution in [0.4, 0.5) is 0 Å². The SMILES string of the molecule is CC(C)c1nc(Cc2ccc(Cl)c(Cl)c2)[nH]c(=O)c1Br. The molecule has 2 aromatic rings. The van der Waals surface area contributed by atoms with Crippen LogP contribution in [0.1, 0.15) is 36.8 Å². The van der Waals surface area contributed by atoms with E-state index in [2.05, 4.69) is 25.9 Å². The molecule has 0 amide bonds. The minimum Gasteiger partial charge on any atom is -0.309 e. The Labute approximate surface area is 135 Å². The van der Waals surface area contributed by atoms with E-state index >= 15 is 0 Å². The van der Waals surface area contributed by atoms with Gasteiger partial charge >= 0.3 is 0 Å². The van der Waals surface area contributed by atoms with Crippen LogP contribution in [0.2, 0.25) is 10.0 Å². The predicted molar refractivity (Wildman–Crippen MR) is 85.9 cm³/mol. The fourth-order valence-electron chi connectivity index (χ4n) is 1.83. The molecule has 2 rings (SSSR count). The summed E-state index contributed by atoms with van der Waals surface area (Å²) in [6, 6.07) is 5.38. The van der Waals surface area contributed by atoms with E-state index in [4.69, 9.17) is 23.2 Å². The Morgan fingerprint density at radius 3 is 2.60 bits per heavy atom. The highest BCUT2D eigenvalue weighted by Crippen LogP contribution is 2.24. The summed E-state index contributed by atoms with van der Waals surface area (Å²) >= 11 is 15.1. The number of aromatic nitrogens is 2. The van der Waals surface area contributed by atoms with Crippen LogP contribution in [0.25, 0.3) is 0 Å². The number of nitrogens with zero attached hydrogens (tertiary/aromatic N) is 1. The van der Waals surface area contributed by atoms with E-state index < -0.39 is 0 Å². The van der Waals surface area contributed by atoms with Crippen LogP contribution in [0.3, 0.4) is 0 Å². The van der Waals surface area contributed by atoms with Crippen molar-refractivity contribution in [3.63, 3.8) is 0 Å². The predicted octanol–water partition coefficient (Wildman–Crippen LogP) is 4.55. The highest BCUT2D eigenvalue weighted by atomic mass is 79.9. The number of halogens is 3. The van der Waals surface area contributed by atoms with E-state index in [1.165, 1.54) is 0 Å². The van der Waals surface area contributed by atoms with Crippen molar-refractivity contribution in [3.8, 4) is 0 Å². The minimum absolute atomic E-state index is 0.166. The lowest BCUT2D eigenvalue weighted by atomic mass is 10.1. The van der Waals surface area contributed by atoms with Gasteiger partial charge in [-0.05, 0) is 39.5 Å². The van der Waals surface area contributed by atoms with Crippen molar-refractivity contribution in [2.24, 2.45) is 0 Å². The molecule has 0 aliphatic rings. The molecule has 0 bridgehead atoms. The summed E-state index contributed by atoms with van der Waals surface area (Å²) in [7, 11) is 0. The number of H-pyrrole nitrogens is 1. The first-order valence-corrected chi connectivity index (χ1v) is 7.66. The van der Waals surface area contributed by atoms with E-state index in [0.717, 1.165) is 11.3 Å². The van der Waals surface area contributed by atoms with E-state index in [-0.39, 0.29) is 11.5 Å². The molecule has 0 saturated carbocycles. The van der Waals surface area contributed by atoms with Gasteiger partial charge in [0.15, 0.2) is 0 Å². The molecule has 0 unspecified atom stereocenters. The van der Waals surface area contributed by atoms with Gasteiger partial charge in [0.05, 0.1) is 15.7 Å². The van der Waals surface area contributed by atoms with E-state index in [1.54, 1.807) is 12.1 Å². The van der Waals surface area contributed by atoms with Gasteiger partial charge in [-0.2, -0.15) is 0 Å². The summed E-state index contributed by atoms with van der Waals surface area (Å²) in [5, 5.41) is 1.00. The lowest BCUT2D eigenvalue weighted by Gasteiger charge is -2.09. The fourth-order valence-corrected chi connectivity index (χ4v) is 2.80. The van der Waals surface area contributed by atoms with Crippen LogP contribution in [0.5, 0.6) is 0 Å². The molecule has 6 heteroatoms. The van der Waals surface area contributed by atoms with Crippen LogP contribution in [0.15, 0.2) is 27.5 Å². The van der Waals surface area contributed by atoms with E-state index in [1.807, 2.05) is 19.9 Å². The molecule has 1 heterocycles. The van der Waals surface area contributed by atoms with Crippen molar-refractivity contribution in [1.29, 1.82) is 0 Å². The van der Waals surface area contributed by atoms with Gasteiger partial charge in [-0.3, -0.25) is 4.79 Å². The lowest BCUT2D eigenvalue weighted by Crippen LogP contribution is -2.16. The standard InChI is InChI=1S/C14H13BrCl2N2O/c1-7(2)13-12(15)14(20)19-11(18-13)6-8-3-4-9(16)10(17)5-8/h3-5,7H,6H2,1-2H3,(H,18,19,20). The molecule has 3 nitrogen and oxygen atoms in total. The summed E-state index contributed by atoms with van der Waals surface area (Å²) < 4.78 is 0.491. The van der Waals surface area contributed by atoms with Gasteiger partial charge in [0.2, 0.25) is 0 Å². The molecule has 0 atom stereocenters. The van der Waals surface area contributed by atoms with Crippen molar-refractivity contribution >= 4 is 39.1 Å². The van der Waals surface area contributed by atoms with Crippen molar-refractivity contribution in [3.05, 3.63) is 60.2 Å². The molecule has 0 radical (unpaired) electrons. The third kappa shape index (κ3) is 3.43. The van der Waals surface area contributed by atoms with Crippen molar-refractivity contribution in [1.82, 2.24) is 9.97 Å². The largest absolute Gasteiger partial charge is 0.309 e. The highest BCUT2D eigenvalue weighted by Gasteiger charge is 2.12. The number of hydrogen-bond acceptors (Lipinski definition) is 2. The quantitative estimate of drug-likeness (QED) is 0.854. The topological polar surface area (TPSA) is 45.8 Å². The number of aromatic amines is 1. The molecule has 0 aliphatic carbocycles. The molecule has 20 heavy (non-hydrogen) atoms. The summed E-state index contributed by atoms with van der Waals surface area (Å²) in [6.07, 6.45) is 0.499. The summed E-state index contributed by atoms with van der Waals surface area (Å²) in [6.45, 7) is 3.99. The molecule has 0 spiro atoms. The van der Waals surface area contributed by atoms with E-state index in [0.29, 0.717) is 26.8 Å². The zero-order valence-electron chi connectivity index (χ0n) is 11.0. The minimum atomic E-state index is -0.168. The Morgan fingerprint density at radius 2 is 2.00 bits per heavy atom. The molecule has 1 aromatic carbocycles. The third-order valence-corrected chi connectivity index (χ3v) is 4.35. The van der Waals surface area contributed by atoms with Gasteiger partial charge in [0.1, 0.15) is 10.3 Å². The number of nitrogens with one attached hydrogen (secondary N) is 1. The van der Waals surface area contributed by atoms with Gasteiger partial charge in [-0.1, -0.05) is 43.1 Å². The van der Waals surface area contributed by atoms with Crippen LogP contribution >= 0.6 is 39.1 Å². The first-order chi connectivity index (χ1) is 9.38. The maximum absolute atomic E-state index is 11.9. The van der Waals surface area contributed by atoms with Gasteiger partial charge in [-0.25, -0.2) is 4.98 Å². The molecular weight excluding hydrogens is 363 g/mol. The normalized spacial score (nSPS) is 11.1. The van der Waals surface area contributed by atoms with Crippen molar-refractivity contribution in [2.45, 2.75) is 26.2 Å². The van der Waals surface area contributed by atoms with Crippen LogP contribution in [-0.4, -0.2) is 9.97 Å². The van der Waals surface area contributed by atoms with Crippen LogP contribution < -0.4 is 5.56 Å². The molecule has 0 saturated heterocycles. The van der Waals surface area contributed by atoms with Gasteiger partial charge in [0.25, 0.3) is 5.56 Å². The average Bonchev–Trinajstić information content (AvgIpc) is 2.37. The van der Waals surface area contributed by atoms with Gasteiger partial charge < -0.3 is 4.98 Å². The molecule has 106 valence electrons. The Morgan fingerprint density at radius 1 is 1.30 bits per heavy atom. The maximum atomic E-state index is 11.9. The van der Waals surface area contributed by atoms with Gasteiger partial charge in [-0.15, -0.1) is 0 Å². The third-order valence-electron chi connectivity index (χ3n) is 2.84. The smallest absolute Gasteiger partial charge is 0.265 e. The Balaban J connectivity index is 2.38. The second-order valence-electron chi connectivity index (χ2n) is 4.79. The van der Waals surface area contributed by atoms with Crippen LogP contribution in [0, 0.1) is 0 Å². The molecule has 1 N–H and O–H groups in total. The summed E-state index contributed by atoms with van der Waals surface area (Å²) in [5.74, 6) is 0.777. The lowest BCUT2D eigenvalue weighted by molar-refractivity contribution is 0.775. The molecule has 0 aliphatic heterocycles. The second kappa shape index (κ2) is 6.29. The summed E-state index contributed by atoms with van der Waals surface area (Å²) in [4.78, 5) is 19.2. The van der Waals surface area contributed by atoms with Crippen molar-refractivity contribution < 1.29 is 0 Å². The molecular formula is C14H13BrCl2N2O. The Hall–Kier alpha value is -0.840. The van der Waals surface area contributed by atoms with Gasteiger partial charge in [0, 0.05) is 6.42 Å². The number of hydrogen-bond donors (Lipinski definition) is 1. The highest BCUT2D eigenvalue weighted by molar-refractivity contribution is 9.10. The zero-order valence-corrected chi connectivity index (χ0v) is 14.1. The maximum Gasteiger partial charge on any atom is 0.265 e. The average molecular weight is 376 g/mol. The summed E-state index contributed by atoms with van der Waals surface area (Å²) in [5.41, 5.74) is 1.53. The number of rotatable bonds is 3. The zero-order chi connectivity index (χ0) is 14.9. The molecule has 0 fully saturated rings. The fraction of sp³-hybridized carbons (Fsp3) is 0.286. The second-order valence-corrected chi connectivity index (χ2v) is 6.40. The van der Waals surface area contributed by atoms with E-state index in [9.17, 15) is 4.79 Å². The van der Waals surface area contributed by atoms with Crippen molar-refractivity contribution in [2.75, 3.05) is 0 Å². The molecule has 1 aromatic heterocycles. The Bertz CT molecular complexity index is 698. The van der Waals surface area contributed by atoms with Crippen LogP contribution in [-0.2, 0) is 6.42 Å². The monoisotopic (exact) mass is 374 g/mol. The number of benzene rings is 1. The first-order valence-electron chi connectivity index (χ1n) is 6.11.